The summed E-state index contributed by atoms with van der Waals surface area (Å²) in [5.74, 6) is 1.44. The summed E-state index contributed by atoms with van der Waals surface area (Å²) in [7, 11) is 1.66. The molecule has 6 heteroatoms. The molecule has 31 heavy (non-hydrogen) atoms. The van der Waals surface area contributed by atoms with Gasteiger partial charge in [-0.25, -0.2) is 0 Å². The maximum absolute atomic E-state index is 12.6. The molecule has 0 radical (unpaired) electrons. The average Bonchev–Trinajstić information content (AvgIpc) is 3.07. The number of hydrogen-bond acceptors (Lipinski definition) is 6. The molecule has 0 aromatic carbocycles. The van der Waals surface area contributed by atoms with Gasteiger partial charge in [-0.15, -0.1) is 0 Å². The van der Waals surface area contributed by atoms with E-state index in [2.05, 4.69) is 13.8 Å². The molecule has 0 aliphatic heterocycles. The van der Waals surface area contributed by atoms with Crippen LogP contribution in [0.15, 0.2) is 0 Å². The molecule has 4 saturated carbocycles. The molecule has 0 aromatic heterocycles. The minimum Gasteiger partial charge on any atom is -0.462 e. The summed E-state index contributed by atoms with van der Waals surface area (Å²) >= 11 is 0. The Morgan fingerprint density at radius 1 is 1.06 bits per heavy atom. The third kappa shape index (κ3) is 3.87. The molecule has 4 aliphatic carbocycles. The van der Waals surface area contributed by atoms with E-state index >= 15 is 0 Å². The number of ketones is 1. The molecule has 6 nitrogen and oxygen atoms in total. The number of aliphatic hydroxyl groups excluding tert-OH is 1. The number of esters is 1. The molecule has 4 aliphatic rings. The Balaban J connectivity index is 1.63. The van der Waals surface area contributed by atoms with Crippen LogP contribution >= 0.6 is 0 Å². The first-order valence-electron chi connectivity index (χ1n) is 12.2. The lowest BCUT2D eigenvalue weighted by atomic mass is 9.43. The highest BCUT2D eigenvalue weighted by molar-refractivity contribution is 5.83. The molecular formula is C25H40O6. The zero-order chi connectivity index (χ0) is 22.4. The van der Waals surface area contributed by atoms with E-state index in [0.717, 1.165) is 44.9 Å². The van der Waals surface area contributed by atoms with Gasteiger partial charge in [0.25, 0.3) is 0 Å². The Bertz CT molecular complexity index is 693. The molecular weight excluding hydrogens is 396 g/mol. The van der Waals surface area contributed by atoms with Crippen molar-refractivity contribution in [3.63, 3.8) is 0 Å². The van der Waals surface area contributed by atoms with Crippen molar-refractivity contribution in [2.75, 3.05) is 20.5 Å². The van der Waals surface area contributed by atoms with E-state index in [0.29, 0.717) is 30.5 Å². The van der Waals surface area contributed by atoms with Gasteiger partial charge in [0.15, 0.2) is 5.78 Å². The van der Waals surface area contributed by atoms with E-state index in [1.54, 1.807) is 7.11 Å². The number of aliphatic hydroxyl groups is 1. The first-order valence-corrected chi connectivity index (χ1v) is 12.2. The largest absolute Gasteiger partial charge is 0.462 e. The number of rotatable bonds is 6. The second-order valence-corrected chi connectivity index (χ2v) is 11.2. The first-order chi connectivity index (χ1) is 14.7. The predicted molar refractivity (Wildman–Crippen MR) is 115 cm³/mol. The van der Waals surface area contributed by atoms with Crippen molar-refractivity contribution in [3.8, 4) is 0 Å². The monoisotopic (exact) mass is 436 g/mol. The summed E-state index contributed by atoms with van der Waals surface area (Å²) in [6.07, 6.45) is 8.15. The average molecular weight is 437 g/mol. The first kappa shape index (κ1) is 23.2. The van der Waals surface area contributed by atoms with Gasteiger partial charge in [0, 0.05) is 25.9 Å². The molecule has 0 saturated heterocycles. The molecule has 1 N–H and O–H groups in total. The van der Waals surface area contributed by atoms with Crippen LogP contribution in [0.25, 0.3) is 0 Å². The fraction of sp³-hybridized carbons (Fsp3) is 0.920. The minimum absolute atomic E-state index is 0.0410. The number of fused-ring (bicyclic) bond motifs is 5. The summed E-state index contributed by atoms with van der Waals surface area (Å²) in [5.41, 5.74) is -0.0700. The lowest BCUT2D eigenvalue weighted by Gasteiger charge is -2.62. The second-order valence-electron chi connectivity index (χ2n) is 11.2. The third-order valence-electron chi connectivity index (χ3n) is 9.81. The Morgan fingerprint density at radius 3 is 2.52 bits per heavy atom. The number of Topliss-reactive ketones (excluding diaryl/α,β-unsaturated/α-hetero) is 1. The van der Waals surface area contributed by atoms with Gasteiger partial charge in [-0.05, 0) is 80.0 Å². The molecule has 0 aromatic rings. The van der Waals surface area contributed by atoms with Gasteiger partial charge in [0.2, 0.25) is 0 Å². The van der Waals surface area contributed by atoms with Crippen molar-refractivity contribution in [2.45, 2.75) is 84.3 Å². The van der Waals surface area contributed by atoms with Gasteiger partial charge in [0.05, 0.1) is 6.10 Å². The number of methoxy groups -OCH3 is 1. The predicted octanol–water partition coefficient (Wildman–Crippen LogP) is 3.74. The van der Waals surface area contributed by atoms with Gasteiger partial charge >= 0.3 is 5.97 Å². The van der Waals surface area contributed by atoms with Crippen LogP contribution < -0.4 is 0 Å². The quantitative estimate of drug-likeness (QED) is 0.505. The molecule has 9 unspecified atom stereocenters. The van der Waals surface area contributed by atoms with Gasteiger partial charge in [-0.2, -0.15) is 0 Å². The van der Waals surface area contributed by atoms with Crippen LogP contribution in [0.1, 0.15) is 72.1 Å². The maximum Gasteiger partial charge on any atom is 0.302 e. The van der Waals surface area contributed by atoms with Crippen LogP contribution in [-0.2, 0) is 23.8 Å². The van der Waals surface area contributed by atoms with Crippen molar-refractivity contribution < 1.29 is 28.9 Å². The standard InChI is InChI=1S/C25H40O6/c1-15(27)31-22-12-25(3)19(7-8-20(25)21(28)13-26)18-6-5-16-11-17(30-14-29-4)9-10-24(16,2)23(18)22/h16-20,22-23,26H,5-14H2,1-4H3. The van der Waals surface area contributed by atoms with Crippen LogP contribution in [0, 0.1) is 40.4 Å². The lowest BCUT2D eigenvalue weighted by molar-refractivity contribution is -0.203. The van der Waals surface area contributed by atoms with Crippen molar-refractivity contribution >= 4 is 11.8 Å². The topological polar surface area (TPSA) is 82.1 Å². The number of carbonyl (C=O) groups is 2. The van der Waals surface area contributed by atoms with Crippen molar-refractivity contribution in [1.82, 2.24) is 0 Å². The smallest absolute Gasteiger partial charge is 0.302 e. The normalized spacial score (nSPS) is 46.5. The summed E-state index contributed by atoms with van der Waals surface area (Å²) in [6, 6.07) is 0. The maximum atomic E-state index is 12.6. The van der Waals surface area contributed by atoms with Crippen LogP contribution in [0.4, 0.5) is 0 Å². The summed E-state index contributed by atoms with van der Waals surface area (Å²) in [6.45, 7) is 6.11. The Morgan fingerprint density at radius 2 is 1.84 bits per heavy atom. The van der Waals surface area contributed by atoms with E-state index in [4.69, 9.17) is 14.2 Å². The van der Waals surface area contributed by atoms with Gasteiger partial charge < -0.3 is 19.3 Å². The van der Waals surface area contributed by atoms with E-state index in [9.17, 15) is 14.7 Å². The van der Waals surface area contributed by atoms with Crippen LogP contribution in [0.5, 0.6) is 0 Å². The Hall–Kier alpha value is -0.980. The van der Waals surface area contributed by atoms with Gasteiger partial charge in [-0.1, -0.05) is 13.8 Å². The van der Waals surface area contributed by atoms with Crippen molar-refractivity contribution in [3.05, 3.63) is 0 Å². The molecule has 4 fully saturated rings. The Kier molecular flexibility index (Phi) is 6.55. The molecule has 176 valence electrons. The SMILES string of the molecule is COCOC1CCC2(C)C(CCC3C4CCC(C(=O)CO)C4(C)CC(OC(C)=O)C32)C1. The molecule has 0 heterocycles. The molecule has 0 amide bonds. The highest BCUT2D eigenvalue weighted by Gasteiger charge is 2.64. The van der Waals surface area contributed by atoms with Crippen molar-refractivity contribution in [1.29, 1.82) is 0 Å². The Labute approximate surface area is 186 Å². The van der Waals surface area contributed by atoms with Crippen molar-refractivity contribution in [2.24, 2.45) is 40.4 Å². The van der Waals surface area contributed by atoms with E-state index in [-0.39, 0.29) is 47.3 Å². The third-order valence-corrected chi connectivity index (χ3v) is 9.81. The van der Waals surface area contributed by atoms with E-state index < -0.39 is 0 Å². The van der Waals surface area contributed by atoms with Crippen LogP contribution in [-0.4, -0.2) is 49.6 Å². The zero-order valence-electron chi connectivity index (χ0n) is 19.6. The number of carbonyl (C=O) groups excluding carboxylic acids is 2. The number of hydrogen-bond donors (Lipinski definition) is 1. The fourth-order valence-electron chi connectivity index (χ4n) is 8.59. The number of ether oxygens (including phenoxy) is 3. The summed E-state index contributed by atoms with van der Waals surface area (Å²) in [4.78, 5) is 24.7. The molecule has 9 atom stereocenters. The van der Waals surface area contributed by atoms with Crippen LogP contribution in [0.3, 0.4) is 0 Å². The molecule has 0 spiro atoms. The van der Waals surface area contributed by atoms with E-state index in [1.165, 1.54) is 13.3 Å². The highest BCUT2D eigenvalue weighted by atomic mass is 16.7. The van der Waals surface area contributed by atoms with Crippen LogP contribution in [0.2, 0.25) is 0 Å². The minimum atomic E-state index is -0.387. The summed E-state index contributed by atoms with van der Waals surface area (Å²) < 4.78 is 17.1. The summed E-state index contributed by atoms with van der Waals surface area (Å²) in [5, 5.41) is 9.57. The lowest BCUT2D eigenvalue weighted by Crippen LogP contribution is -2.60. The molecule has 0 bridgehead atoms. The second kappa shape index (κ2) is 8.75. The van der Waals surface area contributed by atoms with Gasteiger partial charge in [0.1, 0.15) is 19.5 Å². The highest BCUT2D eigenvalue weighted by Crippen LogP contribution is 2.68. The molecule has 4 rings (SSSR count). The van der Waals surface area contributed by atoms with Gasteiger partial charge in [-0.3, -0.25) is 9.59 Å². The van der Waals surface area contributed by atoms with E-state index in [1.807, 2.05) is 0 Å². The zero-order valence-corrected chi connectivity index (χ0v) is 19.6. The fourth-order valence-corrected chi connectivity index (χ4v) is 8.59.